The van der Waals surface area contributed by atoms with Crippen molar-refractivity contribution in [2.75, 3.05) is 6.61 Å². The van der Waals surface area contributed by atoms with Crippen molar-refractivity contribution in [2.24, 2.45) is 0 Å². The fraction of sp³-hybridized carbons (Fsp3) is 0.600. The van der Waals surface area contributed by atoms with Gasteiger partial charge in [0.1, 0.15) is 6.54 Å². The van der Waals surface area contributed by atoms with E-state index in [1.54, 1.807) is 18.3 Å². The van der Waals surface area contributed by atoms with Crippen molar-refractivity contribution in [3.05, 3.63) is 28.7 Å². The summed E-state index contributed by atoms with van der Waals surface area (Å²) in [6.45, 7) is 2.54. The van der Waals surface area contributed by atoms with Crippen molar-refractivity contribution < 1.29 is 9.53 Å². The summed E-state index contributed by atoms with van der Waals surface area (Å²) < 4.78 is 6.77. The minimum atomic E-state index is -0.248. The van der Waals surface area contributed by atoms with Gasteiger partial charge in [0.15, 0.2) is 5.75 Å². The van der Waals surface area contributed by atoms with Crippen molar-refractivity contribution in [1.82, 2.24) is 9.88 Å². The molecule has 1 N–H and O–H groups in total. The highest BCUT2D eigenvalue weighted by molar-refractivity contribution is 5.76. The van der Waals surface area contributed by atoms with Gasteiger partial charge in [-0.25, -0.2) is 0 Å². The molecule has 110 valence electrons. The fourth-order valence-electron chi connectivity index (χ4n) is 2.46. The zero-order chi connectivity index (χ0) is 14.4. The van der Waals surface area contributed by atoms with E-state index in [-0.39, 0.29) is 24.1 Å². The number of ether oxygens (including phenoxy) is 1. The molecule has 1 aliphatic carbocycles. The van der Waals surface area contributed by atoms with Gasteiger partial charge < -0.3 is 14.6 Å². The lowest BCUT2D eigenvalue weighted by Gasteiger charge is -2.13. The van der Waals surface area contributed by atoms with Crippen molar-refractivity contribution in [2.45, 2.75) is 51.6 Å². The molecule has 0 aromatic carbocycles. The van der Waals surface area contributed by atoms with Crippen molar-refractivity contribution in [3.8, 4) is 5.75 Å². The van der Waals surface area contributed by atoms with Crippen LogP contribution in [0.4, 0.5) is 0 Å². The quantitative estimate of drug-likeness (QED) is 0.861. The molecule has 20 heavy (non-hydrogen) atoms. The summed E-state index contributed by atoms with van der Waals surface area (Å²) in [5, 5.41) is 2.98. The summed E-state index contributed by atoms with van der Waals surface area (Å²) in [7, 11) is 0. The Morgan fingerprint density at radius 2 is 2.20 bits per heavy atom. The van der Waals surface area contributed by atoms with Crippen LogP contribution in [0.15, 0.2) is 23.1 Å². The summed E-state index contributed by atoms with van der Waals surface area (Å²) in [6, 6.07) is 3.65. The Labute approximate surface area is 118 Å². The molecule has 1 saturated carbocycles. The van der Waals surface area contributed by atoms with Gasteiger partial charge in [-0.2, -0.15) is 0 Å². The van der Waals surface area contributed by atoms with E-state index >= 15 is 0 Å². The molecule has 5 nitrogen and oxygen atoms in total. The molecule has 0 saturated heterocycles. The number of hydrogen-bond acceptors (Lipinski definition) is 3. The van der Waals surface area contributed by atoms with Crippen molar-refractivity contribution in [3.63, 3.8) is 0 Å². The number of pyridine rings is 1. The van der Waals surface area contributed by atoms with E-state index in [0.29, 0.717) is 12.4 Å². The Kier molecular flexibility index (Phi) is 5.21. The number of rotatable bonds is 6. The maximum absolute atomic E-state index is 12.1. The number of amides is 1. The van der Waals surface area contributed by atoms with E-state index in [9.17, 15) is 9.59 Å². The van der Waals surface area contributed by atoms with Gasteiger partial charge in [-0.05, 0) is 31.4 Å². The first-order valence-corrected chi connectivity index (χ1v) is 7.32. The molecule has 0 bridgehead atoms. The van der Waals surface area contributed by atoms with Crippen LogP contribution in [-0.4, -0.2) is 23.1 Å². The van der Waals surface area contributed by atoms with Crippen LogP contribution < -0.4 is 15.6 Å². The van der Waals surface area contributed by atoms with E-state index in [1.807, 2.05) is 6.92 Å². The molecule has 1 fully saturated rings. The summed E-state index contributed by atoms with van der Waals surface area (Å²) in [6.07, 6.45) is 6.89. The van der Waals surface area contributed by atoms with E-state index in [1.165, 1.54) is 17.4 Å². The average Bonchev–Trinajstić information content (AvgIpc) is 2.92. The Bertz CT molecular complexity index is 504. The maximum atomic E-state index is 12.1. The number of hydrogen-bond donors (Lipinski definition) is 1. The molecule has 0 unspecified atom stereocenters. The van der Waals surface area contributed by atoms with Gasteiger partial charge in [0.2, 0.25) is 5.91 Å². The number of aromatic nitrogens is 1. The number of nitrogens with zero attached hydrogens (tertiary/aromatic N) is 1. The van der Waals surface area contributed by atoms with Gasteiger partial charge in [0.05, 0.1) is 6.61 Å². The molecule has 1 heterocycles. The second kappa shape index (κ2) is 7.12. The third-order valence-electron chi connectivity index (χ3n) is 3.48. The monoisotopic (exact) mass is 278 g/mol. The average molecular weight is 278 g/mol. The highest BCUT2D eigenvalue weighted by Crippen LogP contribution is 2.17. The molecule has 5 heteroatoms. The van der Waals surface area contributed by atoms with Crippen LogP contribution in [0.2, 0.25) is 0 Å². The highest BCUT2D eigenvalue weighted by Gasteiger charge is 2.17. The lowest BCUT2D eigenvalue weighted by atomic mass is 10.2. The van der Waals surface area contributed by atoms with Crippen molar-refractivity contribution in [1.29, 1.82) is 0 Å². The molecule has 1 aromatic heterocycles. The lowest BCUT2D eigenvalue weighted by molar-refractivity contribution is -0.122. The smallest absolute Gasteiger partial charge is 0.293 e. The molecule has 1 aliphatic rings. The summed E-state index contributed by atoms with van der Waals surface area (Å²) in [5.41, 5.74) is -0.248. The molecular weight excluding hydrogens is 256 g/mol. The van der Waals surface area contributed by atoms with E-state index in [2.05, 4.69) is 5.32 Å². The first-order chi connectivity index (χ1) is 9.70. The molecule has 1 aromatic rings. The van der Waals surface area contributed by atoms with E-state index < -0.39 is 0 Å². The largest absolute Gasteiger partial charge is 0.488 e. The summed E-state index contributed by atoms with van der Waals surface area (Å²) in [5.74, 6) is 0.203. The van der Waals surface area contributed by atoms with Crippen LogP contribution in [0.1, 0.15) is 39.0 Å². The van der Waals surface area contributed by atoms with Gasteiger partial charge in [-0.1, -0.05) is 19.8 Å². The van der Waals surface area contributed by atoms with Gasteiger partial charge in [-0.15, -0.1) is 0 Å². The molecule has 0 atom stereocenters. The second-order valence-electron chi connectivity index (χ2n) is 5.20. The normalized spacial score (nSPS) is 15.2. The lowest BCUT2D eigenvalue weighted by Crippen LogP contribution is -2.37. The molecule has 0 aliphatic heterocycles. The van der Waals surface area contributed by atoms with Gasteiger partial charge in [0.25, 0.3) is 5.56 Å². The fourth-order valence-corrected chi connectivity index (χ4v) is 2.46. The Morgan fingerprint density at radius 1 is 1.45 bits per heavy atom. The highest BCUT2D eigenvalue weighted by atomic mass is 16.5. The Hall–Kier alpha value is -1.78. The predicted molar refractivity (Wildman–Crippen MR) is 76.9 cm³/mol. The van der Waals surface area contributed by atoms with Crippen LogP contribution in [-0.2, 0) is 11.3 Å². The summed E-state index contributed by atoms with van der Waals surface area (Å²) >= 11 is 0. The Morgan fingerprint density at radius 3 is 2.90 bits per heavy atom. The minimum Gasteiger partial charge on any atom is -0.488 e. The van der Waals surface area contributed by atoms with Gasteiger partial charge >= 0.3 is 0 Å². The van der Waals surface area contributed by atoms with Crippen molar-refractivity contribution >= 4 is 5.91 Å². The zero-order valence-electron chi connectivity index (χ0n) is 11.9. The SMILES string of the molecule is CCCOc1cccn(CC(=O)NC2CCCC2)c1=O. The Balaban J connectivity index is 1.97. The van der Waals surface area contributed by atoms with Crippen LogP contribution in [0, 0.1) is 0 Å². The molecule has 2 rings (SSSR count). The van der Waals surface area contributed by atoms with Crippen LogP contribution >= 0.6 is 0 Å². The second-order valence-corrected chi connectivity index (χ2v) is 5.20. The number of nitrogens with one attached hydrogen (secondary N) is 1. The molecule has 1 amide bonds. The third-order valence-corrected chi connectivity index (χ3v) is 3.48. The zero-order valence-corrected chi connectivity index (χ0v) is 11.9. The van der Waals surface area contributed by atoms with Gasteiger partial charge in [0, 0.05) is 12.2 Å². The topological polar surface area (TPSA) is 60.3 Å². The minimum absolute atomic E-state index is 0.0542. The maximum Gasteiger partial charge on any atom is 0.293 e. The first kappa shape index (κ1) is 14.6. The third kappa shape index (κ3) is 3.85. The molecular formula is C15H22N2O3. The van der Waals surface area contributed by atoms with E-state index in [4.69, 9.17) is 4.74 Å². The van der Waals surface area contributed by atoms with Gasteiger partial charge in [-0.3, -0.25) is 9.59 Å². The van der Waals surface area contributed by atoms with Crippen LogP contribution in [0.25, 0.3) is 0 Å². The predicted octanol–water partition coefficient (Wildman–Crippen LogP) is 1.70. The van der Waals surface area contributed by atoms with E-state index in [0.717, 1.165) is 19.3 Å². The molecule has 0 radical (unpaired) electrons. The number of carbonyl (C=O) groups is 1. The number of carbonyl (C=O) groups excluding carboxylic acids is 1. The first-order valence-electron chi connectivity index (χ1n) is 7.32. The molecule has 0 spiro atoms. The standard InChI is InChI=1S/C15H22N2O3/c1-2-10-20-13-8-5-9-17(15(13)19)11-14(18)16-12-6-3-4-7-12/h5,8-9,12H,2-4,6-7,10-11H2,1H3,(H,16,18). The van der Waals surface area contributed by atoms with Crippen LogP contribution in [0.3, 0.4) is 0 Å². The van der Waals surface area contributed by atoms with Crippen LogP contribution in [0.5, 0.6) is 5.75 Å². The summed E-state index contributed by atoms with van der Waals surface area (Å²) in [4.78, 5) is 24.0.